The van der Waals surface area contributed by atoms with Crippen molar-refractivity contribution in [1.82, 2.24) is 19.7 Å². The van der Waals surface area contributed by atoms with E-state index >= 15 is 0 Å². The van der Waals surface area contributed by atoms with Gasteiger partial charge in [-0.15, -0.1) is 0 Å². The molecule has 0 saturated carbocycles. The van der Waals surface area contributed by atoms with Gasteiger partial charge in [-0.25, -0.2) is 9.97 Å². The van der Waals surface area contributed by atoms with Crippen LogP contribution in [0.15, 0.2) is 36.7 Å². The standard InChI is InChI=1S/C24H31N7O/c1-14(2)30-13-19(16(5)28-30)20-10-11-25-24(27-20)26-18-8-9-21-22(12-18)31(15(3)4)17(6)23(32)29(21)7/h8-15,17H,1-7H3,(H,25,26,27)/t17-/m1/s1. The highest BCUT2D eigenvalue weighted by Crippen LogP contribution is 2.39. The highest BCUT2D eigenvalue weighted by Gasteiger charge is 2.34. The number of likely N-dealkylation sites (N-methyl/N-ethyl adjacent to an activating group) is 1. The van der Waals surface area contributed by atoms with Crippen LogP contribution in [0.3, 0.4) is 0 Å². The number of carbonyl (C=O) groups excluding carboxylic acids is 1. The van der Waals surface area contributed by atoms with Crippen LogP contribution >= 0.6 is 0 Å². The van der Waals surface area contributed by atoms with Crippen molar-refractivity contribution in [3.8, 4) is 11.3 Å². The molecule has 2 aromatic heterocycles. The quantitative estimate of drug-likeness (QED) is 0.636. The molecule has 0 fully saturated rings. The SMILES string of the molecule is Cc1nn(C(C)C)cc1-c1ccnc(Nc2ccc3c(c2)N(C(C)C)[C@H](C)C(=O)N3C)n1. The summed E-state index contributed by atoms with van der Waals surface area (Å²) in [6, 6.07) is 8.14. The summed E-state index contributed by atoms with van der Waals surface area (Å²) in [4.78, 5) is 25.7. The number of benzene rings is 1. The van der Waals surface area contributed by atoms with E-state index in [-0.39, 0.29) is 24.0 Å². The number of fused-ring (bicyclic) bond motifs is 1. The Kier molecular flexibility index (Phi) is 5.62. The number of aromatic nitrogens is 4. The monoisotopic (exact) mass is 433 g/mol. The summed E-state index contributed by atoms with van der Waals surface area (Å²) in [7, 11) is 1.83. The van der Waals surface area contributed by atoms with Gasteiger partial charge < -0.3 is 15.1 Å². The Bertz CT molecular complexity index is 1150. The second-order valence-corrected chi connectivity index (χ2v) is 8.87. The molecule has 0 aliphatic carbocycles. The van der Waals surface area contributed by atoms with Crippen LogP contribution in [0.5, 0.6) is 0 Å². The molecule has 168 valence electrons. The topological polar surface area (TPSA) is 79.2 Å². The van der Waals surface area contributed by atoms with Crippen molar-refractivity contribution in [2.45, 2.75) is 59.7 Å². The van der Waals surface area contributed by atoms with Crippen molar-refractivity contribution in [1.29, 1.82) is 0 Å². The summed E-state index contributed by atoms with van der Waals surface area (Å²) in [6.45, 7) is 12.4. The van der Waals surface area contributed by atoms with Crippen molar-refractivity contribution in [3.05, 3.63) is 42.4 Å². The highest BCUT2D eigenvalue weighted by atomic mass is 16.2. The average molecular weight is 434 g/mol. The lowest BCUT2D eigenvalue weighted by atomic mass is 10.0. The average Bonchev–Trinajstić information content (AvgIpc) is 3.14. The summed E-state index contributed by atoms with van der Waals surface area (Å²) in [6.07, 6.45) is 3.78. The van der Waals surface area contributed by atoms with Crippen LogP contribution in [-0.2, 0) is 4.79 Å². The van der Waals surface area contributed by atoms with Gasteiger partial charge in [0.05, 0.1) is 22.8 Å². The van der Waals surface area contributed by atoms with Crippen molar-refractivity contribution < 1.29 is 4.79 Å². The lowest BCUT2D eigenvalue weighted by Gasteiger charge is -2.42. The third kappa shape index (κ3) is 3.81. The molecule has 3 aromatic rings. The van der Waals surface area contributed by atoms with Gasteiger partial charge in [0, 0.05) is 42.8 Å². The molecular weight excluding hydrogens is 402 g/mol. The van der Waals surface area contributed by atoms with E-state index in [1.807, 2.05) is 50.0 Å². The first-order valence-corrected chi connectivity index (χ1v) is 11.0. The van der Waals surface area contributed by atoms with Crippen LogP contribution in [0.25, 0.3) is 11.3 Å². The van der Waals surface area contributed by atoms with E-state index in [2.05, 4.69) is 54.1 Å². The van der Waals surface area contributed by atoms with Crippen LogP contribution in [0.1, 0.15) is 46.4 Å². The van der Waals surface area contributed by atoms with Crippen molar-refractivity contribution in [2.24, 2.45) is 0 Å². The predicted octanol–water partition coefficient (Wildman–Crippen LogP) is 4.55. The highest BCUT2D eigenvalue weighted by molar-refractivity contribution is 6.05. The summed E-state index contributed by atoms with van der Waals surface area (Å²) in [5, 5.41) is 7.93. The predicted molar refractivity (Wildman–Crippen MR) is 129 cm³/mol. The zero-order valence-corrected chi connectivity index (χ0v) is 19.8. The van der Waals surface area contributed by atoms with Crippen molar-refractivity contribution >= 4 is 28.9 Å². The maximum Gasteiger partial charge on any atom is 0.249 e. The normalized spacial score (nSPS) is 16.2. The molecule has 1 amide bonds. The van der Waals surface area contributed by atoms with Gasteiger partial charge in [-0.05, 0) is 65.8 Å². The van der Waals surface area contributed by atoms with Gasteiger partial charge in [0.2, 0.25) is 11.9 Å². The maximum atomic E-state index is 12.7. The van der Waals surface area contributed by atoms with Crippen LogP contribution < -0.4 is 15.1 Å². The Morgan fingerprint density at radius 2 is 1.81 bits per heavy atom. The van der Waals surface area contributed by atoms with Gasteiger partial charge in [0.25, 0.3) is 0 Å². The van der Waals surface area contributed by atoms with Gasteiger partial charge in [0.1, 0.15) is 6.04 Å². The summed E-state index contributed by atoms with van der Waals surface area (Å²) in [5.74, 6) is 0.615. The minimum absolute atomic E-state index is 0.0975. The van der Waals surface area contributed by atoms with Gasteiger partial charge in [-0.3, -0.25) is 9.48 Å². The molecule has 1 N–H and O–H groups in total. The van der Waals surface area contributed by atoms with E-state index in [0.29, 0.717) is 5.95 Å². The van der Waals surface area contributed by atoms with Gasteiger partial charge >= 0.3 is 0 Å². The Labute approximate surface area is 189 Å². The fourth-order valence-corrected chi connectivity index (χ4v) is 4.24. The molecule has 32 heavy (non-hydrogen) atoms. The molecule has 0 radical (unpaired) electrons. The van der Waals surface area contributed by atoms with Gasteiger partial charge in [-0.2, -0.15) is 5.10 Å². The summed E-state index contributed by atoms with van der Waals surface area (Å²) < 4.78 is 1.95. The molecule has 0 unspecified atom stereocenters. The molecule has 1 atom stereocenters. The minimum atomic E-state index is -0.220. The largest absolute Gasteiger partial charge is 0.356 e. The molecule has 4 rings (SSSR count). The first kappa shape index (κ1) is 21.8. The molecule has 0 spiro atoms. The fourth-order valence-electron chi connectivity index (χ4n) is 4.24. The zero-order chi connectivity index (χ0) is 23.2. The summed E-state index contributed by atoms with van der Waals surface area (Å²) >= 11 is 0. The molecule has 3 heterocycles. The van der Waals surface area contributed by atoms with E-state index in [1.54, 1.807) is 11.1 Å². The molecule has 1 aliphatic rings. The molecular formula is C24H31N7O. The number of nitrogens with one attached hydrogen (secondary N) is 1. The molecule has 8 heteroatoms. The lowest BCUT2D eigenvalue weighted by Crippen LogP contribution is -2.53. The van der Waals surface area contributed by atoms with E-state index in [9.17, 15) is 4.79 Å². The number of hydrogen-bond donors (Lipinski definition) is 1. The first-order chi connectivity index (χ1) is 15.2. The molecule has 0 bridgehead atoms. The third-order valence-corrected chi connectivity index (χ3v) is 5.91. The van der Waals surface area contributed by atoms with Crippen molar-refractivity contribution in [3.63, 3.8) is 0 Å². The second kappa shape index (κ2) is 8.26. The molecule has 0 saturated heterocycles. The van der Waals surface area contributed by atoms with E-state index in [4.69, 9.17) is 4.98 Å². The number of hydrogen-bond acceptors (Lipinski definition) is 6. The van der Waals surface area contributed by atoms with E-state index in [0.717, 1.165) is 34.0 Å². The number of rotatable bonds is 5. The Hall–Kier alpha value is -3.42. The van der Waals surface area contributed by atoms with Crippen LogP contribution in [0, 0.1) is 6.92 Å². The van der Waals surface area contributed by atoms with Crippen LogP contribution in [0.4, 0.5) is 23.0 Å². The molecule has 1 aromatic carbocycles. The maximum absolute atomic E-state index is 12.7. The lowest BCUT2D eigenvalue weighted by molar-refractivity contribution is -0.119. The first-order valence-electron chi connectivity index (χ1n) is 11.0. The Balaban J connectivity index is 1.66. The number of carbonyl (C=O) groups is 1. The zero-order valence-electron chi connectivity index (χ0n) is 19.8. The van der Waals surface area contributed by atoms with E-state index < -0.39 is 0 Å². The Morgan fingerprint density at radius 1 is 1.06 bits per heavy atom. The smallest absolute Gasteiger partial charge is 0.249 e. The molecule has 8 nitrogen and oxygen atoms in total. The van der Waals surface area contributed by atoms with Gasteiger partial charge in [0.15, 0.2) is 0 Å². The van der Waals surface area contributed by atoms with E-state index in [1.165, 1.54) is 0 Å². The number of anilines is 4. The van der Waals surface area contributed by atoms with Crippen molar-refractivity contribution in [2.75, 3.05) is 22.2 Å². The van der Waals surface area contributed by atoms with Crippen LogP contribution in [0.2, 0.25) is 0 Å². The second-order valence-electron chi connectivity index (χ2n) is 8.87. The number of amides is 1. The number of aryl methyl sites for hydroxylation is 1. The Morgan fingerprint density at radius 3 is 2.47 bits per heavy atom. The summed E-state index contributed by atoms with van der Waals surface area (Å²) in [5.41, 5.74) is 5.55. The molecule has 1 aliphatic heterocycles. The van der Waals surface area contributed by atoms with Gasteiger partial charge in [-0.1, -0.05) is 0 Å². The third-order valence-electron chi connectivity index (χ3n) is 5.91. The number of nitrogens with zero attached hydrogens (tertiary/aromatic N) is 6. The fraction of sp³-hybridized carbons (Fsp3) is 0.417. The van der Waals surface area contributed by atoms with Crippen LogP contribution in [-0.4, -0.2) is 44.8 Å². The minimum Gasteiger partial charge on any atom is -0.356 e.